The SMILES string of the molecule is Cn1cc(-c2nc([C@@](C)(c3ccc(B4OC(C)(C)C(C)(C)O4)cc3)C3CC3)no2)cn1. The lowest BCUT2D eigenvalue weighted by Crippen LogP contribution is -2.41. The highest BCUT2D eigenvalue weighted by atomic mass is 16.7. The summed E-state index contributed by atoms with van der Waals surface area (Å²) in [5, 5.41) is 8.58. The predicted octanol–water partition coefficient (Wildman–Crippen LogP) is 3.49. The molecule has 5 rings (SSSR count). The van der Waals surface area contributed by atoms with Crippen molar-refractivity contribution in [1.82, 2.24) is 19.9 Å². The molecule has 0 spiro atoms. The van der Waals surface area contributed by atoms with Crippen LogP contribution in [0.5, 0.6) is 0 Å². The molecule has 2 fully saturated rings. The third-order valence-electron chi connectivity index (χ3n) is 7.27. The average Bonchev–Trinajstić information content (AvgIpc) is 3.21. The molecule has 1 aliphatic carbocycles. The van der Waals surface area contributed by atoms with Gasteiger partial charge < -0.3 is 13.8 Å². The summed E-state index contributed by atoms with van der Waals surface area (Å²) in [6.07, 6.45) is 5.94. The van der Waals surface area contributed by atoms with Gasteiger partial charge in [-0.3, -0.25) is 4.68 Å². The van der Waals surface area contributed by atoms with Gasteiger partial charge in [0.25, 0.3) is 5.89 Å². The summed E-state index contributed by atoms with van der Waals surface area (Å²) in [7, 11) is 1.50. The highest BCUT2D eigenvalue weighted by molar-refractivity contribution is 6.62. The van der Waals surface area contributed by atoms with Crippen LogP contribution in [0.1, 0.15) is 58.8 Å². The minimum absolute atomic E-state index is 0.307. The number of aromatic nitrogens is 4. The van der Waals surface area contributed by atoms with Crippen molar-refractivity contribution in [3.63, 3.8) is 0 Å². The first kappa shape index (κ1) is 20.5. The van der Waals surface area contributed by atoms with Gasteiger partial charge in [-0.2, -0.15) is 10.1 Å². The first-order chi connectivity index (χ1) is 14.6. The number of hydrogen-bond acceptors (Lipinski definition) is 6. The Bertz CT molecular complexity index is 1080. The first-order valence-electron chi connectivity index (χ1n) is 10.9. The first-order valence-corrected chi connectivity index (χ1v) is 10.9. The fraction of sp³-hybridized carbons (Fsp3) is 0.522. The van der Waals surface area contributed by atoms with Gasteiger partial charge >= 0.3 is 7.12 Å². The molecule has 0 radical (unpaired) electrons. The average molecular weight is 420 g/mol. The van der Waals surface area contributed by atoms with Crippen LogP contribution in [0.4, 0.5) is 0 Å². The fourth-order valence-corrected chi connectivity index (χ4v) is 4.26. The van der Waals surface area contributed by atoms with Gasteiger partial charge in [0, 0.05) is 13.2 Å². The van der Waals surface area contributed by atoms with E-state index in [9.17, 15) is 0 Å². The Morgan fingerprint density at radius 2 is 1.71 bits per heavy atom. The van der Waals surface area contributed by atoms with Crippen molar-refractivity contribution in [3.05, 3.63) is 48.0 Å². The van der Waals surface area contributed by atoms with Crippen molar-refractivity contribution < 1.29 is 13.8 Å². The summed E-state index contributed by atoms with van der Waals surface area (Å²) in [5.41, 5.74) is 2.01. The Kier molecular flexibility index (Phi) is 4.47. The summed E-state index contributed by atoms with van der Waals surface area (Å²) in [6.45, 7) is 10.5. The van der Waals surface area contributed by atoms with Crippen LogP contribution in [0.3, 0.4) is 0 Å². The van der Waals surface area contributed by atoms with E-state index in [1.165, 1.54) is 5.56 Å². The molecular formula is C23H29BN4O3. The Morgan fingerprint density at radius 1 is 1.06 bits per heavy atom. The molecule has 0 bridgehead atoms. The fourth-order valence-electron chi connectivity index (χ4n) is 4.26. The maximum absolute atomic E-state index is 6.20. The summed E-state index contributed by atoms with van der Waals surface area (Å²) in [5.74, 6) is 1.72. The van der Waals surface area contributed by atoms with Crippen molar-refractivity contribution >= 4 is 12.6 Å². The van der Waals surface area contributed by atoms with Crippen LogP contribution in [0.25, 0.3) is 11.5 Å². The molecule has 162 valence electrons. The van der Waals surface area contributed by atoms with Crippen molar-refractivity contribution in [2.45, 2.75) is 64.1 Å². The second kappa shape index (κ2) is 6.77. The smallest absolute Gasteiger partial charge is 0.399 e. The molecule has 3 aromatic rings. The second-order valence-electron chi connectivity index (χ2n) is 10.0. The summed E-state index contributed by atoms with van der Waals surface area (Å²) < 4.78 is 19.7. The Labute approximate surface area is 183 Å². The Hall–Kier alpha value is -2.45. The molecule has 3 heterocycles. The molecule has 2 aliphatic rings. The molecule has 8 heteroatoms. The minimum Gasteiger partial charge on any atom is -0.399 e. The van der Waals surface area contributed by atoms with E-state index in [1.807, 2.05) is 13.2 Å². The third kappa shape index (κ3) is 3.33. The number of nitrogens with zero attached hydrogens (tertiary/aromatic N) is 4. The summed E-state index contributed by atoms with van der Waals surface area (Å²) in [6, 6.07) is 8.50. The normalized spacial score (nSPS) is 21.9. The van der Waals surface area contributed by atoms with Gasteiger partial charge in [-0.15, -0.1) is 0 Å². The van der Waals surface area contributed by atoms with E-state index in [-0.39, 0.29) is 23.7 Å². The van der Waals surface area contributed by atoms with Crippen molar-refractivity contribution in [2.24, 2.45) is 13.0 Å². The maximum Gasteiger partial charge on any atom is 0.494 e. The van der Waals surface area contributed by atoms with Gasteiger partial charge in [0.05, 0.1) is 28.4 Å². The molecule has 1 aliphatic heterocycles. The van der Waals surface area contributed by atoms with Crippen LogP contribution in [-0.2, 0) is 21.8 Å². The minimum atomic E-state index is -0.367. The van der Waals surface area contributed by atoms with Crippen LogP contribution >= 0.6 is 0 Å². The summed E-state index contributed by atoms with van der Waals surface area (Å²) >= 11 is 0. The molecule has 1 aromatic carbocycles. The molecule has 1 saturated carbocycles. The van der Waals surface area contributed by atoms with Crippen LogP contribution in [-0.4, -0.2) is 38.2 Å². The second-order valence-corrected chi connectivity index (χ2v) is 10.0. The summed E-state index contributed by atoms with van der Waals surface area (Å²) in [4.78, 5) is 4.76. The van der Waals surface area contributed by atoms with E-state index in [1.54, 1.807) is 10.9 Å². The number of aryl methyl sites for hydroxylation is 1. The van der Waals surface area contributed by atoms with Gasteiger partial charge in [0.15, 0.2) is 5.82 Å². The molecule has 0 unspecified atom stereocenters. The number of hydrogen-bond donors (Lipinski definition) is 0. The van der Waals surface area contributed by atoms with E-state index < -0.39 is 0 Å². The molecule has 31 heavy (non-hydrogen) atoms. The van der Waals surface area contributed by atoms with Crippen LogP contribution < -0.4 is 5.46 Å². The largest absolute Gasteiger partial charge is 0.494 e. The zero-order valence-corrected chi connectivity index (χ0v) is 19.0. The topological polar surface area (TPSA) is 75.2 Å². The lowest BCUT2D eigenvalue weighted by molar-refractivity contribution is 0.00578. The van der Waals surface area contributed by atoms with Crippen molar-refractivity contribution in [2.75, 3.05) is 0 Å². The Balaban J connectivity index is 1.44. The van der Waals surface area contributed by atoms with E-state index in [0.717, 1.165) is 29.7 Å². The maximum atomic E-state index is 6.20. The Morgan fingerprint density at radius 3 is 2.26 bits per heavy atom. The van der Waals surface area contributed by atoms with Crippen LogP contribution in [0, 0.1) is 5.92 Å². The lowest BCUT2D eigenvalue weighted by atomic mass is 9.73. The molecule has 0 amide bonds. The molecule has 0 N–H and O–H groups in total. The number of rotatable bonds is 5. The van der Waals surface area contributed by atoms with Gasteiger partial charge in [0.1, 0.15) is 0 Å². The van der Waals surface area contributed by atoms with E-state index in [2.05, 4.69) is 69.1 Å². The van der Waals surface area contributed by atoms with Gasteiger partial charge in [-0.25, -0.2) is 0 Å². The highest BCUT2D eigenvalue weighted by Crippen LogP contribution is 2.50. The van der Waals surface area contributed by atoms with E-state index in [4.69, 9.17) is 18.8 Å². The lowest BCUT2D eigenvalue weighted by Gasteiger charge is -2.32. The van der Waals surface area contributed by atoms with E-state index >= 15 is 0 Å². The quantitative estimate of drug-likeness (QED) is 0.589. The molecule has 7 nitrogen and oxygen atoms in total. The van der Waals surface area contributed by atoms with E-state index in [0.29, 0.717) is 11.8 Å². The highest BCUT2D eigenvalue weighted by Gasteiger charge is 2.52. The van der Waals surface area contributed by atoms with Crippen molar-refractivity contribution in [1.29, 1.82) is 0 Å². The molecule has 2 aromatic heterocycles. The molecule has 1 saturated heterocycles. The predicted molar refractivity (Wildman–Crippen MR) is 118 cm³/mol. The number of benzene rings is 1. The molecular weight excluding hydrogens is 391 g/mol. The zero-order valence-electron chi connectivity index (χ0n) is 19.0. The van der Waals surface area contributed by atoms with Crippen molar-refractivity contribution in [3.8, 4) is 11.5 Å². The van der Waals surface area contributed by atoms with Gasteiger partial charge in [-0.1, -0.05) is 29.4 Å². The van der Waals surface area contributed by atoms with Gasteiger partial charge in [-0.05, 0) is 64.4 Å². The molecule has 1 atom stereocenters. The zero-order chi connectivity index (χ0) is 22.0. The third-order valence-corrected chi connectivity index (χ3v) is 7.27. The van der Waals surface area contributed by atoms with Crippen LogP contribution in [0.15, 0.2) is 41.2 Å². The monoisotopic (exact) mass is 420 g/mol. The standard InChI is InChI=1S/C23H29BN4O3/c1-21(2)22(3,4)31-24(30-21)18-11-9-17(10-12-18)23(5,16-7-8-16)20-26-19(29-27-20)15-13-25-28(6)14-15/h9-14,16H,7-8H2,1-6H3/t23-/m1/s1. The van der Waals surface area contributed by atoms with Gasteiger partial charge in [0.2, 0.25) is 0 Å². The van der Waals surface area contributed by atoms with Crippen LogP contribution in [0.2, 0.25) is 0 Å².